The number of benzene rings is 3. The number of methoxy groups -OCH3 is 6. The van der Waals surface area contributed by atoms with Gasteiger partial charge in [0.2, 0.25) is 0 Å². The van der Waals surface area contributed by atoms with Crippen molar-refractivity contribution in [1.29, 1.82) is 0 Å². The standard InChI is InChI=1S/C34H38N4O18/c1-34(2,32(40)55-16-19-10-25(49-4)28(52-7)13-22(19)37(44)45)30(31(39)54-15-18-9-24(48-3)27(51-6)12-21(18)36(42)43)35-33(41)56-17-20-11-26(50-5)29(53-8)14-23(20)38(46)47/h9-14,30H,15-17H2,1-8H3,(H,35,41)/t30-/m1/s1. The number of ether oxygens (including phenoxy) is 9. The molecule has 1 atom stereocenters. The number of nitro benzene ring substituents is 3. The van der Waals surface area contributed by atoms with Crippen LogP contribution in [0.25, 0.3) is 0 Å². The molecule has 0 aliphatic rings. The Bertz CT molecular complexity index is 2000. The minimum Gasteiger partial charge on any atom is -0.493 e. The van der Waals surface area contributed by atoms with Crippen LogP contribution in [0, 0.1) is 35.8 Å². The number of nitrogens with one attached hydrogen (secondary N) is 1. The highest BCUT2D eigenvalue weighted by molar-refractivity contribution is 5.90. The summed E-state index contributed by atoms with van der Waals surface area (Å²) in [6.45, 7) is 0.108. The van der Waals surface area contributed by atoms with Crippen LogP contribution in [0.1, 0.15) is 30.5 Å². The van der Waals surface area contributed by atoms with Crippen molar-refractivity contribution in [3.63, 3.8) is 0 Å². The second-order valence-corrected chi connectivity index (χ2v) is 11.8. The van der Waals surface area contributed by atoms with Crippen molar-refractivity contribution in [2.75, 3.05) is 42.7 Å². The molecule has 0 saturated heterocycles. The molecule has 0 radical (unpaired) electrons. The summed E-state index contributed by atoms with van der Waals surface area (Å²) in [7, 11) is 7.61. The van der Waals surface area contributed by atoms with Crippen molar-refractivity contribution in [2.45, 2.75) is 39.7 Å². The largest absolute Gasteiger partial charge is 0.493 e. The molecule has 0 fully saturated rings. The van der Waals surface area contributed by atoms with E-state index in [1.807, 2.05) is 0 Å². The van der Waals surface area contributed by atoms with Crippen LogP contribution in [0.15, 0.2) is 36.4 Å². The average molecular weight is 791 g/mol. The number of alkyl carbamates (subject to hydrolysis) is 1. The second kappa shape index (κ2) is 18.8. The number of nitro groups is 3. The second-order valence-electron chi connectivity index (χ2n) is 11.8. The highest BCUT2D eigenvalue weighted by Crippen LogP contribution is 2.38. The lowest BCUT2D eigenvalue weighted by Crippen LogP contribution is -2.54. The van der Waals surface area contributed by atoms with Crippen LogP contribution in [0.5, 0.6) is 34.5 Å². The molecule has 0 aliphatic heterocycles. The number of carbonyl (C=O) groups excluding carboxylic acids is 3. The number of hydrogen-bond donors (Lipinski definition) is 1. The van der Waals surface area contributed by atoms with Gasteiger partial charge in [0.1, 0.15) is 25.9 Å². The van der Waals surface area contributed by atoms with E-state index in [4.69, 9.17) is 42.6 Å². The van der Waals surface area contributed by atoms with Gasteiger partial charge in [-0.3, -0.25) is 35.1 Å². The van der Waals surface area contributed by atoms with Gasteiger partial charge in [0.25, 0.3) is 17.1 Å². The first kappa shape index (κ1) is 43.3. The van der Waals surface area contributed by atoms with Gasteiger partial charge < -0.3 is 47.9 Å². The van der Waals surface area contributed by atoms with E-state index in [1.165, 1.54) is 74.7 Å². The fourth-order valence-electron chi connectivity index (χ4n) is 5.10. The van der Waals surface area contributed by atoms with Gasteiger partial charge in [-0.2, -0.15) is 0 Å². The first-order valence-electron chi connectivity index (χ1n) is 15.9. The Morgan fingerprint density at radius 2 is 0.857 bits per heavy atom. The molecule has 0 saturated carbocycles. The van der Waals surface area contributed by atoms with Crippen molar-refractivity contribution >= 4 is 35.1 Å². The van der Waals surface area contributed by atoms with E-state index < -0.39 is 81.1 Å². The minimum absolute atomic E-state index is 0.00452. The third kappa shape index (κ3) is 9.89. The zero-order valence-corrected chi connectivity index (χ0v) is 31.4. The van der Waals surface area contributed by atoms with Crippen molar-refractivity contribution in [3.8, 4) is 34.5 Å². The van der Waals surface area contributed by atoms with Crippen LogP contribution in [0.3, 0.4) is 0 Å². The first-order chi connectivity index (χ1) is 26.5. The van der Waals surface area contributed by atoms with E-state index in [0.717, 1.165) is 18.2 Å². The quantitative estimate of drug-likeness (QED) is 0.0753. The van der Waals surface area contributed by atoms with Crippen molar-refractivity contribution < 1.29 is 71.8 Å². The summed E-state index contributed by atoms with van der Waals surface area (Å²) in [5.41, 5.74) is -4.00. The maximum atomic E-state index is 13.7. The number of nitrogens with zero attached hydrogens (tertiary/aromatic N) is 3. The Kier molecular flexibility index (Phi) is 14.5. The van der Waals surface area contributed by atoms with Gasteiger partial charge in [-0.1, -0.05) is 0 Å². The van der Waals surface area contributed by atoms with Crippen molar-refractivity contribution in [1.82, 2.24) is 5.32 Å². The fourth-order valence-corrected chi connectivity index (χ4v) is 5.10. The van der Waals surface area contributed by atoms with Crippen LogP contribution >= 0.6 is 0 Å². The molecule has 0 unspecified atom stereocenters. The summed E-state index contributed by atoms with van der Waals surface area (Å²) >= 11 is 0. The van der Waals surface area contributed by atoms with E-state index >= 15 is 0 Å². The summed E-state index contributed by atoms with van der Waals surface area (Å²) in [6, 6.07) is 4.76. The predicted molar refractivity (Wildman–Crippen MR) is 189 cm³/mol. The SMILES string of the molecule is COc1cc(COC(=O)N[C@H](C(=O)OCc2cc(OC)c(OC)cc2[N+](=O)[O-])C(C)(C)C(=O)OCc2cc(OC)c(OC)cc2[N+](=O)[O-])c([N+](=O)[O-])cc1OC. The summed E-state index contributed by atoms with van der Waals surface area (Å²) in [4.78, 5) is 73.8. The molecule has 3 aromatic carbocycles. The fraction of sp³-hybridized carbons (Fsp3) is 0.382. The van der Waals surface area contributed by atoms with Crippen LogP contribution in [-0.4, -0.2) is 81.5 Å². The highest BCUT2D eigenvalue weighted by atomic mass is 16.6. The molecule has 3 aromatic rings. The van der Waals surface area contributed by atoms with Crippen molar-refractivity contribution in [3.05, 3.63) is 83.4 Å². The van der Waals surface area contributed by atoms with Gasteiger partial charge in [0.15, 0.2) is 34.5 Å². The van der Waals surface area contributed by atoms with Gasteiger partial charge in [-0.25, -0.2) is 9.59 Å². The molecule has 302 valence electrons. The maximum Gasteiger partial charge on any atom is 0.408 e. The molecule has 56 heavy (non-hydrogen) atoms. The molecular weight excluding hydrogens is 752 g/mol. The number of carbonyl (C=O) groups is 3. The Balaban J connectivity index is 1.97. The summed E-state index contributed by atoms with van der Waals surface area (Å²) < 4.78 is 46.9. The van der Waals surface area contributed by atoms with E-state index in [1.54, 1.807) is 0 Å². The molecule has 0 heterocycles. The monoisotopic (exact) mass is 790 g/mol. The average Bonchev–Trinajstić information content (AvgIpc) is 3.18. The molecule has 1 N–H and O–H groups in total. The Morgan fingerprint density at radius 1 is 0.554 bits per heavy atom. The topological polar surface area (TPSA) is 276 Å². The number of esters is 2. The van der Waals surface area contributed by atoms with Crippen LogP contribution in [-0.2, 0) is 43.6 Å². The van der Waals surface area contributed by atoms with E-state index in [9.17, 15) is 44.7 Å². The first-order valence-corrected chi connectivity index (χ1v) is 15.9. The van der Waals surface area contributed by atoms with E-state index in [2.05, 4.69) is 5.32 Å². The zero-order valence-electron chi connectivity index (χ0n) is 31.4. The van der Waals surface area contributed by atoms with Crippen LogP contribution in [0.2, 0.25) is 0 Å². The van der Waals surface area contributed by atoms with Gasteiger partial charge in [0, 0.05) is 0 Å². The molecular formula is C34H38N4O18. The van der Waals surface area contributed by atoms with Gasteiger partial charge >= 0.3 is 18.0 Å². The normalized spacial score (nSPS) is 11.3. The molecule has 0 aromatic heterocycles. The molecule has 0 aliphatic carbocycles. The van der Waals surface area contributed by atoms with E-state index in [-0.39, 0.29) is 51.2 Å². The third-order valence-electron chi connectivity index (χ3n) is 8.18. The van der Waals surface area contributed by atoms with Gasteiger partial charge in [-0.15, -0.1) is 0 Å². The Labute approximate surface area is 317 Å². The van der Waals surface area contributed by atoms with Crippen LogP contribution < -0.4 is 33.7 Å². The predicted octanol–water partition coefficient (Wildman–Crippen LogP) is 4.57. The third-order valence-corrected chi connectivity index (χ3v) is 8.18. The minimum atomic E-state index is -2.06. The summed E-state index contributed by atoms with van der Waals surface area (Å²) in [6.07, 6.45) is -1.37. The zero-order chi connectivity index (χ0) is 41.9. The summed E-state index contributed by atoms with van der Waals surface area (Å²) in [5, 5.41) is 37.6. The van der Waals surface area contributed by atoms with Gasteiger partial charge in [-0.05, 0) is 32.0 Å². The lowest BCUT2D eigenvalue weighted by Gasteiger charge is -2.30. The molecule has 22 nitrogen and oxygen atoms in total. The molecule has 1 amide bonds. The van der Waals surface area contributed by atoms with E-state index in [0.29, 0.717) is 0 Å². The number of amides is 1. The summed E-state index contributed by atoms with van der Waals surface area (Å²) in [5.74, 6) is -2.25. The Hall–Kier alpha value is -7.13. The number of rotatable bonds is 19. The maximum absolute atomic E-state index is 13.7. The molecule has 3 rings (SSSR count). The highest BCUT2D eigenvalue weighted by Gasteiger charge is 2.46. The van der Waals surface area contributed by atoms with Gasteiger partial charge in [0.05, 0.1) is 97.7 Å². The number of hydrogen-bond acceptors (Lipinski definition) is 18. The molecule has 0 bridgehead atoms. The lowest BCUT2D eigenvalue weighted by molar-refractivity contribution is -0.386. The Morgan fingerprint density at radius 3 is 1.18 bits per heavy atom. The smallest absolute Gasteiger partial charge is 0.408 e. The van der Waals surface area contributed by atoms with Crippen molar-refractivity contribution in [2.24, 2.45) is 5.41 Å². The molecule has 22 heteroatoms. The molecule has 0 spiro atoms. The van der Waals surface area contributed by atoms with Crippen LogP contribution in [0.4, 0.5) is 21.9 Å². The lowest BCUT2D eigenvalue weighted by atomic mass is 9.84.